The number of aliphatic hydroxyl groups is 6. The summed E-state index contributed by atoms with van der Waals surface area (Å²) in [5, 5.41) is 73.0. The number of hydrogen-bond acceptors (Lipinski definition) is 25. The predicted molar refractivity (Wildman–Crippen MR) is 335 cm³/mol. The number of fused-ring (bicyclic) bond motifs is 6. The maximum absolute atomic E-state index is 13.9. The van der Waals surface area contributed by atoms with E-state index in [1.165, 1.54) is 54.8 Å². The summed E-state index contributed by atoms with van der Waals surface area (Å²) in [6.07, 6.45) is -9.22. The molecule has 0 bridgehead atoms. The summed E-state index contributed by atoms with van der Waals surface area (Å²) in [6, 6.07) is 38.2. The number of carbonyl (C=O) groups excluding carboxylic acids is 2. The van der Waals surface area contributed by atoms with Gasteiger partial charge in [-0.15, -0.1) is 0 Å². The fourth-order valence-corrected chi connectivity index (χ4v) is 14.5. The molecule has 2 aliphatic carbocycles. The number of aliphatic hydroxyl groups excluding tert-OH is 4. The third-order valence-corrected chi connectivity index (χ3v) is 18.7. The number of methoxy groups -OCH3 is 7. The van der Waals surface area contributed by atoms with Crippen molar-refractivity contribution in [1.82, 2.24) is 5.32 Å². The van der Waals surface area contributed by atoms with Crippen LogP contribution < -0.4 is 54.7 Å². The molecule has 4 heterocycles. The van der Waals surface area contributed by atoms with E-state index in [2.05, 4.69) is 5.32 Å². The lowest BCUT2D eigenvalue weighted by atomic mass is 9.70. The highest BCUT2D eigenvalue weighted by Gasteiger charge is 2.80. The molecule has 26 heteroatoms. The fraction of sp³-hybridized carbons (Fsp3) is 0.449. The van der Waals surface area contributed by atoms with Crippen LogP contribution in [0.25, 0.3) is 0 Å². The predicted octanol–water partition coefficient (Wildman–Crippen LogP) is 3.04. The molecule has 0 radical (unpaired) electrons. The Morgan fingerprint density at radius 3 is 1.47 bits per heavy atom. The second-order valence-electron chi connectivity index (χ2n) is 23.6. The summed E-state index contributed by atoms with van der Waals surface area (Å²) in [4.78, 5) is 27.4. The van der Waals surface area contributed by atoms with Crippen LogP contribution in [0.4, 0.5) is 0 Å². The molecule has 0 unspecified atom stereocenters. The molecule has 0 aromatic heterocycles. The minimum Gasteiger partial charge on any atom is -0.497 e. The normalized spacial score (nSPS) is 31.1. The summed E-state index contributed by atoms with van der Waals surface area (Å²) in [7, 11) is 10.0. The minimum absolute atomic E-state index is 0.0487. The van der Waals surface area contributed by atoms with Crippen molar-refractivity contribution in [2.75, 3.05) is 89.2 Å². The maximum Gasteiger partial charge on any atom is 0.312 e. The van der Waals surface area contributed by atoms with Gasteiger partial charge in [0.2, 0.25) is 18.5 Å². The lowest BCUT2D eigenvalue weighted by Crippen LogP contribution is -2.52. The number of esters is 1. The Balaban J connectivity index is 0.000000194. The Hall–Kier alpha value is -7.90. The Morgan fingerprint density at radius 2 is 1.04 bits per heavy atom. The third-order valence-electron chi connectivity index (χ3n) is 18.7. The average molecular weight is 1320 g/mol. The highest BCUT2D eigenvalue weighted by atomic mass is 16.8. The topological polar surface area (TPSA) is 358 Å². The van der Waals surface area contributed by atoms with Gasteiger partial charge in [0.1, 0.15) is 70.4 Å². The second kappa shape index (κ2) is 28.4. The van der Waals surface area contributed by atoms with E-state index in [0.717, 1.165) is 0 Å². The number of ether oxygens (including phenoxy) is 15. The van der Waals surface area contributed by atoms with Gasteiger partial charge in [0.15, 0.2) is 22.4 Å². The number of rotatable bonds is 22. The third kappa shape index (κ3) is 11.6. The van der Waals surface area contributed by atoms with Crippen molar-refractivity contribution in [2.24, 2.45) is 23.3 Å². The van der Waals surface area contributed by atoms with Crippen molar-refractivity contribution in [1.29, 1.82) is 0 Å². The largest absolute Gasteiger partial charge is 0.497 e. The Bertz CT molecular complexity index is 3620. The average Bonchev–Trinajstić information content (AvgIpc) is 1.50. The molecular weight excluding hydrogens is 1240 g/mol. The van der Waals surface area contributed by atoms with E-state index in [1.54, 1.807) is 67.8 Å². The van der Waals surface area contributed by atoms with Crippen LogP contribution in [0, 0.1) is 11.8 Å². The Labute approximate surface area is 548 Å². The van der Waals surface area contributed by atoms with Crippen molar-refractivity contribution in [3.63, 3.8) is 0 Å². The maximum atomic E-state index is 13.9. The molecule has 6 aromatic rings. The SMILES string of the molecule is COC(=O)[C@H]1[C@@H](O)[C@@]2(O)c3c(OC)cc(O[C@@H]4O[C@@H](CCN)CO[C@H]4OC)cc3O[C@@]2(c2ccc(OC)cc2)[C@@H]1c1ccccc1.COc1ccc([C@@]23Oc4cc(O[C@@H]5O[C@@H]([C@H](O)CO)CO[C@H]5OC)cc(OC)c4[C@]2(O)[C@H](O)[C@H](C(=O)NCCN)[C@H]3c2ccccc2)cc1. The molecule has 6 aliphatic rings. The van der Waals surface area contributed by atoms with Crippen LogP contribution in [0.5, 0.6) is 46.0 Å². The first-order valence-corrected chi connectivity index (χ1v) is 31.0. The van der Waals surface area contributed by atoms with E-state index in [4.69, 9.17) is 82.5 Å². The summed E-state index contributed by atoms with van der Waals surface area (Å²) in [5.74, 6) is -3.38. The number of amides is 1. The molecule has 95 heavy (non-hydrogen) atoms. The first-order chi connectivity index (χ1) is 45.9. The van der Waals surface area contributed by atoms with Gasteiger partial charge < -0.3 is 118 Å². The van der Waals surface area contributed by atoms with Gasteiger partial charge in [-0.2, -0.15) is 0 Å². The summed E-state index contributed by atoms with van der Waals surface area (Å²) >= 11 is 0. The van der Waals surface area contributed by atoms with Crippen LogP contribution in [0.2, 0.25) is 0 Å². The highest BCUT2D eigenvalue weighted by molar-refractivity contribution is 5.83. The van der Waals surface area contributed by atoms with Crippen molar-refractivity contribution in [3.05, 3.63) is 167 Å². The molecule has 2 saturated carbocycles. The molecule has 4 aliphatic heterocycles. The van der Waals surface area contributed by atoms with E-state index in [1.807, 2.05) is 60.7 Å². The van der Waals surface area contributed by atoms with Gasteiger partial charge in [-0.1, -0.05) is 84.9 Å². The molecule has 6 aromatic carbocycles. The first kappa shape index (κ1) is 68.5. The monoisotopic (exact) mass is 1320 g/mol. The molecule has 4 fully saturated rings. The zero-order valence-corrected chi connectivity index (χ0v) is 53.4. The second-order valence-corrected chi connectivity index (χ2v) is 23.6. The molecule has 26 nitrogen and oxygen atoms in total. The van der Waals surface area contributed by atoms with Crippen molar-refractivity contribution >= 4 is 11.9 Å². The molecule has 2 saturated heterocycles. The number of nitrogens with two attached hydrogens (primary N) is 2. The molecule has 11 N–H and O–H groups in total. The van der Waals surface area contributed by atoms with Crippen molar-refractivity contribution in [3.8, 4) is 46.0 Å². The number of hydrogen-bond donors (Lipinski definition) is 9. The smallest absolute Gasteiger partial charge is 0.312 e. The fourth-order valence-electron chi connectivity index (χ4n) is 14.5. The van der Waals surface area contributed by atoms with Gasteiger partial charge in [0, 0.05) is 63.4 Å². The van der Waals surface area contributed by atoms with Crippen LogP contribution >= 0.6 is 0 Å². The van der Waals surface area contributed by atoms with Gasteiger partial charge in [0.25, 0.3) is 12.6 Å². The van der Waals surface area contributed by atoms with Crippen LogP contribution in [0.15, 0.2) is 133 Å². The van der Waals surface area contributed by atoms with E-state index in [9.17, 15) is 40.2 Å². The van der Waals surface area contributed by atoms with Gasteiger partial charge in [-0.3, -0.25) is 9.59 Å². The Kier molecular flexibility index (Phi) is 20.5. The zero-order valence-electron chi connectivity index (χ0n) is 53.4. The van der Waals surface area contributed by atoms with E-state index in [0.29, 0.717) is 53.3 Å². The van der Waals surface area contributed by atoms with E-state index >= 15 is 0 Å². The molecule has 0 spiro atoms. The van der Waals surface area contributed by atoms with Crippen molar-refractivity contribution < 1.29 is 111 Å². The van der Waals surface area contributed by atoms with Gasteiger partial charge in [-0.25, -0.2) is 0 Å². The van der Waals surface area contributed by atoms with Gasteiger partial charge >= 0.3 is 5.97 Å². The van der Waals surface area contributed by atoms with Crippen LogP contribution in [-0.2, 0) is 65.2 Å². The number of carbonyl (C=O) groups is 2. The zero-order chi connectivity index (χ0) is 67.6. The molecule has 12 rings (SSSR count). The first-order valence-electron chi connectivity index (χ1n) is 31.0. The summed E-state index contributed by atoms with van der Waals surface area (Å²) in [6.45, 7) is 0.429. The quantitative estimate of drug-likeness (QED) is 0.0441. The van der Waals surface area contributed by atoms with Crippen molar-refractivity contribution in [2.45, 2.75) is 96.3 Å². The molecule has 1 amide bonds. The number of benzene rings is 6. The molecular formula is C69H81N3O23. The minimum atomic E-state index is -2.25. The van der Waals surface area contributed by atoms with Gasteiger partial charge in [-0.05, 0) is 59.5 Å². The van der Waals surface area contributed by atoms with Gasteiger partial charge in [0.05, 0.1) is 84.4 Å². The Morgan fingerprint density at radius 1 is 0.579 bits per heavy atom. The molecule has 510 valence electrons. The summed E-state index contributed by atoms with van der Waals surface area (Å²) < 4.78 is 88.1. The summed E-state index contributed by atoms with van der Waals surface area (Å²) in [5.41, 5.74) is 5.97. The lowest BCUT2D eigenvalue weighted by molar-refractivity contribution is -0.324. The standard InChI is InChI=1S/C35H42N2O12.C34H39NO11/c1-43-21-11-9-20(10-12-21)35-28(19-7-5-4-6-8-19)27(31(41)37-14-13-36)30(40)34(35,42)29-24(44-2)15-22(16-25(29)49-35)47-33-32(45-3)46-18-26(48-33)23(39)17-38;1-39-21-12-10-20(11-13-21)34-27(19-8-6-5-7-9-19)26(30(37)41-3)29(36)33(34,38)28-24(40-2)16-23(17-25(28)46-34)45-32-31(42-4)43-18-22(44-32)14-15-35/h4-12,15-16,23,26-28,30,32-33,38-40,42H,13-14,17-18,36H2,1-3H3,(H,37,41);5-13,16-17,22,26-27,29,31-32,36,38H,14-15,18,35H2,1-4H3/t23-,26-,27-,28-,30-,32-,33-,34+,35+;22-,26+,27+,29+,31+,32-,33-,34-/m10/s1. The van der Waals surface area contributed by atoms with Crippen LogP contribution in [0.1, 0.15) is 51.6 Å². The lowest BCUT2D eigenvalue weighted by Gasteiger charge is -2.40. The number of nitrogens with one attached hydrogen (secondary N) is 1. The highest BCUT2D eigenvalue weighted by Crippen LogP contribution is 2.72. The van der Waals surface area contributed by atoms with Crippen LogP contribution in [0.3, 0.4) is 0 Å². The van der Waals surface area contributed by atoms with Crippen LogP contribution in [-0.4, -0.2) is 187 Å². The molecule has 17 atom stereocenters. The van der Waals surface area contributed by atoms with E-state index in [-0.39, 0.29) is 71.4 Å². The van der Waals surface area contributed by atoms with E-state index < -0.39 is 114 Å².